The number of aromatic amines is 1. The summed E-state index contributed by atoms with van der Waals surface area (Å²) in [4.78, 5) is 3.24. The SMILES string of the molecule is Cc1c(Br)cccc1-n1c(=S)[nH]c2ccc(Br)cc21. The van der Waals surface area contributed by atoms with E-state index in [1.54, 1.807) is 0 Å². The molecule has 0 spiro atoms. The molecular formula is C14H10Br2N2S. The summed E-state index contributed by atoms with van der Waals surface area (Å²) in [5, 5.41) is 0. The Labute approximate surface area is 132 Å². The fourth-order valence-electron chi connectivity index (χ4n) is 2.15. The van der Waals surface area contributed by atoms with E-state index in [-0.39, 0.29) is 0 Å². The lowest BCUT2D eigenvalue weighted by molar-refractivity contribution is 1.04. The monoisotopic (exact) mass is 396 g/mol. The molecule has 1 aromatic heterocycles. The summed E-state index contributed by atoms with van der Waals surface area (Å²) in [6.07, 6.45) is 0. The third-order valence-electron chi connectivity index (χ3n) is 3.13. The van der Waals surface area contributed by atoms with Crippen molar-refractivity contribution in [3.8, 4) is 5.69 Å². The molecule has 0 fully saturated rings. The first-order valence-electron chi connectivity index (χ1n) is 5.73. The molecule has 0 radical (unpaired) electrons. The third-order valence-corrected chi connectivity index (χ3v) is 4.76. The zero-order valence-corrected chi connectivity index (χ0v) is 14.1. The fourth-order valence-corrected chi connectivity index (χ4v) is 3.16. The van der Waals surface area contributed by atoms with Gasteiger partial charge in [0.05, 0.1) is 16.7 Å². The number of H-pyrrole nitrogens is 1. The van der Waals surface area contributed by atoms with E-state index >= 15 is 0 Å². The summed E-state index contributed by atoms with van der Waals surface area (Å²) in [6.45, 7) is 2.08. The van der Waals surface area contributed by atoms with Gasteiger partial charge in [0, 0.05) is 8.95 Å². The van der Waals surface area contributed by atoms with Gasteiger partial charge in [-0.25, -0.2) is 0 Å². The van der Waals surface area contributed by atoms with Crippen molar-refractivity contribution in [2.24, 2.45) is 0 Å². The predicted octanol–water partition coefficient (Wildman–Crippen LogP) is 5.52. The summed E-state index contributed by atoms with van der Waals surface area (Å²) in [6, 6.07) is 12.2. The van der Waals surface area contributed by atoms with Gasteiger partial charge in [-0.1, -0.05) is 37.9 Å². The minimum Gasteiger partial charge on any atom is -0.330 e. The van der Waals surface area contributed by atoms with E-state index in [1.807, 2.05) is 24.3 Å². The number of hydrogen-bond acceptors (Lipinski definition) is 1. The van der Waals surface area contributed by atoms with Crippen LogP contribution in [0, 0.1) is 11.7 Å². The van der Waals surface area contributed by atoms with Gasteiger partial charge in [0.25, 0.3) is 0 Å². The minimum atomic E-state index is 0.703. The zero-order valence-electron chi connectivity index (χ0n) is 10.1. The molecule has 0 aliphatic heterocycles. The Morgan fingerprint density at radius 3 is 2.74 bits per heavy atom. The quantitative estimate of drug-likeness (QED) is 0.536. The first-order chi connectivity index (χ1) is 9.08. The van der Waals surface area contributed by atoms with E-state index in [1.165, 1.54) is 5.56 Å². The Morgan fingerprint density at radius 1 is 1.16 bits per heavy atom. The number of benzene rings is 2. The van der Waals surface area contributed by atoms with Crippen molar-refractivity contribution >= 4 is 55.1 Å². The summed E-state index contributed by atoms with van der Waals surface area (Å²) in [5.41, 5.74) is 4.36. The van der Waals surface area contributed by atoms with Gasteiger partial charge in [-0.15, -0.1) is 0 Å². The highest BCUT2D eigenvalue weighted by molar-refractivity contribution is 9.10. The molecule has 0 amide bonds. The Hall–Kier alpha value is -0.910. The van der Waals surface area contributed by atoms with Crippen LogP contribution in [0.25, 0.3) is 16.7 Å². The van der Waals surface area contributed by atoms with Crippen LogP contribution in [0.4, 0.5) is 0 Å². The van der Waals surface area contributed by atoms with Crippen molar-refractivity contribution in [2.45, 2.75) is 6.92 Å². The molecule has 1 N–H and O–H groups in total. The Bertz CT molecular complexity index is 833. The van der Waals surface area contributed by atoms with Gasteiger partial charge < -0.3 is 4.98 Å². The van der Waals surface area contributed by atoms with Gasteiger partial charge in [0.2, 0.25) is 0 Å². The van der Waals surface area contributed by atoms with E-state index in [9.17, 15) is 0 Å². The van der Waals surface area contributed by atoms with Gasteiger partial charge in [-0.2, -0.15) is 0 Å². The van der Waals surface area contributed by atoms with E-state index in [2.05, 4.69) is 60.5 Å². The van der Waals surface area contributed by atoms with Crippen LogP contribution in [-0.4, -0.2) is 9.55 Å². The minimum absolute atomic E-state index is 0.703. The van der Waals surface area contributed by atoms with Crippen molar-refractivity contribution in [1.82, 2.24) is 9.55 Å². The highest BCUT2D eigenvalue weighted by Crippen LogP contribution is 2.27. The van der Waals surface area contributed by atoms with Crippen LogP contribution >= 0.6 is 44.1 Å². The van der Waals surface area contributed by atoms with Crippen LogP contribution < -0.4 is 0 Å². The highest BCUT2D eigenvalue weighted by Gasteiger charge is 2.10. The molecular weight excluding hydrogens is 388 g/mol. The summed E-state index contributed by atoms with van der Waals surface area (Å²) in [5.74, 6) is 0. The molecule has 0 unspecified atom stereocenters. The van der Waals surface area contributed by atoms with Crippen LogP contribution in [0.15, 0.2) is 45.3 Å². The number of hydrogen-bond donors (Lipinski definition) is 1. The standard InChI is InChI=1S/C14H10Br2N2S/c1-8-10(16)3-2-4-12(8)18-13-7-9(15)5-6-11(13)17-14(18)19/h2-7H,1H3,(H,17,19). The van der Waals surface area contributed by atoms with Gasteiger partial charge in [-0.05, 0) is 55.0 Å². The molecule has 3 rings (SSSR count). The molecule has 2 aromatic carbocycles. The van der Waals surface area contributed by atoms with Crippen molar-refractivity contribution < 1.29 is 0 Å². The lowest BCUT2D eigenvalue weighted by Crippen LogP contribution is -1.97. The molecule has 0 atom stereocenters. The number of nitrogens with one attached hydrogen (secondary N) is 1. The second kappa shape index (κ2) is 4.89. The van der Waals surface area contributed by atoms with Crippen LogP contribution in [0.2, 0.25) is 0 Å². The van der Waals surface area contributed by atoms with Crippen LogP contribution in [0.5, 0.6) is 0 Å². The summed E-state index contributed by atoms with van der Waals surface area (Å²) in [7, 11) is 0. The molecule has 3 aromatic rings. The van der Waals surface area contributed by atoms with Crippen molar-refractivity contribution in [3.05, 3.63) is 55.7 Å². The summed E-state index contributed by atoms with van der Waals surface area (Å²) >= 11 is 12.5. The maximum Gasteiger partial charge on any atom is 0.182 e. The first kappa shape index (κ1) is 13.1. The number of nitrogens with zero attached hydrogens (tertiary/aromatic N) is 1. The Morgan fingerprint density at radius 2 is 1.95 bits per heavy atom. The summed E-state index contributed by atoms with van der Waals surface area (Å²) < 4.78 is 4.89. The lowest BCUT2D eigenvalue weighted by atomic mass is 10.2. The first-order valence-corrected chi connectivity index (χ1v) is 7.73. The van der Waals surface area contributed by atoms with E-state index < -0.39 is 0 Å². The number of halogens is 2. The van der Waals surface area contributed by atoms with Crippen LogP contribution in [-0.2, 0) is 0 Å². The maximum absolute atomic E-state index is 5.46. The van der Waals surface area contributed by atoms with Crippen LogP contribution in [0.3, 0.4) is 0 Å². The largest absolute Gasteiger partial charge is 0.330 e. The van der Waals surface area contributed by atoms with Gasteiger partial charge >= 0.3 is 0 Å². The molecule has 0 aliphatic carbocycles. The van der Waals surface area contributed by atoms with Crippen molar-refractivity contribution in [3.63, 3.8) is 0 Å². The molecule has 19 heavy (non-hydrogen) atoms. The number of aromatic nitrogens is 2. The maximum atomic E-state index is 5.46. The Kier molecular flexibility index (Phi) is 3.37. The van der Waals surface area contributed by atoms with Gasteiger partial charge in [0.1, 0.15) is 0 Å². The van der Waals surface area contributed by atoms with Crippen molar-refractivity contribution in [1.29, 1.82) is 0 Å². The second-order valence-corrected chi connectivity index (χ2v) is 6.47. The molecule has 0 saturated heterocycles. The molecule has 96 valence electrons. The number of rotatable bonds is 1. The van der Waals surface area contributed by atoms with Gasteiger partial charge in [-0.3, -0.25) is 4.57 Å². The van der Waals surface area contributed by atoms with E-state index in [0.29, 0.717) is 4.77 Å². The van der Waals surface area contributed by atoms with Crippen LogP contribution in [0.1, 0.15) is 5.56 Å². The topological polar surface area (TPSA) is 20.7 Å². The number of fused-ring (bicyclic) bond motifs is 1. The molecule has 2 nitrogen and oxygen atoms in total. The molecule has 0 saturated carbocycles. The van der Waals surface area contributed by atoms with E-state index in [0.717, 1.165) is 25.7 Å². The molecule has 1 heterocycles. The van der Waals surface area contributed by atoms with Gasteiger partial charge in [0.15, 0.2) is 4.77 Å². The average Bonchev–Trinajstić information content (AvgIpc) is 2.69. The van der Waals surface area contributed by atoms with E-state index in [4.69, 9.17) is 12.2 Å². The van der Waals surface area contributed by atoms with Crippen molar-refractivity contribution in [2.75, 3.05) is 0 Å². The fraction of sp³-hybridized carbons (Fsp3) is 0.0714. The zero-order chi connectivity index (χ0) is 13.6. The second-order valence-electron chi connectivity index (χ2n) is 4.31. The third kappa shape index (κ3) is 2.20. The highest BCUT2D eigenvalue weighted by atomic mass is 79.9. The Balaban J connectivity index is 2.42. The molecule has 0 bridgehead atoms. The predicted molar refractivity (Wildman–Crippen MR) is 88.6 cm³/mol. The lowest BCUT2D eigenvalue weighted by Gasteiger charge is -2.10. The smallest absolute Gasteiger partial charge is 0.182 e. The molecule has 5 heteroatoms. The normalized spacial score (nSPS) is 11.1. The number of imidazole rings is 1. The molecule has 0 aliphatic rings. The average molecular weight is 398 g/mol.